The van der Waals surface area contributed by atoms with Gasteiger partial charge in [0, 0.05) is 18.9 Å². The third-order valence-corrected chi connectivity index (χ3v) is 2.55. The van der Waals surface area contributed by atoms with Crippen LogP contribution in [0.4, 0.5) is 0 Å². The van der Waals surface area contributed by atoms with Gasteiger partial charge in [-0.05, 0) is 18.1 Å². The van der Waals surface area contributed by atoms with E-state index in [1.54, 1.807) is 4.68 Å². The summed E-state index contributed by atoms with van der Waals surface area (Å²) < 4.78 is 2.35. The monoisotopic (exact) mass is 234 g/mol. The Bertz CT molecular complexity index is 553. The maximum atomic E-state index is 5.15. The Morgan fingerprint density at radius 3 is 2.75 bits per heavy atom. The van der Waals surface area contributed by atoms with E-state index in [9.17, 15) is 0 Å². The van der Waals surface area contributed by atoms with E-state index in [-0.39, 0.29) is 0 Å². The third-order valence-electron chi connectivity index (χ3n) is 2.34. The first-order chi connectivity index (χ1) is 7.56. The van der Waals surface area contributed by atoms with Gasteiger partial charge in [0.05, 0.1) is 0 Å². The highest BCUT2D eigenvalue weighted by Gasteiger charge is 2.07. The molecule has 84 valence electrons. The summed E-state index contributed by atoms with van der Waals surface area (Å²) in [7, 11) is 1.88. The van der Waals surface area contributed by atoms with Crippen LogP contribution in [0, 0.1) is 4.64 Å². The number of rotatable bonds is 2. The lowest BCUT2D eigenvalue weighted by Crippen LogP contribution is -1.99. The number of aryl methyl sites for hydroxylation is 1. The second-order valence-corrected chi connectivity index (χ2v) is 4.47. The first-order valence-electron chi connectivity index (χ1n) is 5.17. The van der Waals surface area contributed by atoms with Gasteiger partial charge in [-0.2, -0.15) is 5.10 Å². The SMILES string of the molecule is CC(C)c1cc(=S)nc(-c2ccn(C)n2)[nH]1. The molecule has 0 atom stereocenters. The molecule has 0 amide bonds. The molecule has 5 heteroatoms. The standard InChI is InChI=1S/C11H14N4S/c1-7(2)9-6-10(16)13-11(12-9)8-4-5-15(3)14-8/h4-7H,1-3H3,(H,12,13,16). The largest absolute Gasteiger partial charge is 0.342 e. The molecule has 0 radical (unpaired) electrons. The van der Waals surface area contributed by atoms with Crippen molar-refractivity contribution >= 4 is 12.2 Å². The average Bonchev–Trinajstić information content (AvgIpc) is 2.64. The van der Waals surface area contributed by atoms with Gasteiger partial charge >= 0.3 is 0 Å². The van der Waals surface area contributed by atoms with E-state index in [4.69, 9.17) is 12.2 Å². The van der Waals surface area contributed by atoms with Crippen molar-refractivity contribution in [2.45, 2.75) is 19.8 Å². The molecule has 0 aliphatic rings. The van der Waals surface area contributed by atoms with Crippen LogP contribution in [0.3, 0.4) is 0 Å². The van der Waals surface area contributed by atoms with Crippen LogP contribution in [0.25, 0.3) is 11.5 Å². The molecule has 2 rings (SSSR count). The molecular weight excluding hydrogens is 220 g/mol. The molecular formula is C11H14N4S. The summed E-state index contributed by atoms with van der Waals surface area (Å²) in [4.78, 5) is 7.54. The zero-order valence-electron chi connectivity index (χ0n) is 9.56. The smallest absolute Gasteiger partial charge is 0.159 e. The lowest BCUT2D eigenvalue weighted by atomic mass is 10.1. The molecule has 0 saturated heterocycles. The summed E-state index contributed by atoms with van der Waals surface area (Å²) in [6.07, 6.45) is 1.88. The third kappa shape index (κ3) is 2.19. The molecule has 0 aliphatic carbocycles. The van der Waals surface area contributed by atoms with Crippen molar-refractivity contribution < 1.29 is 0 Å². The summed E-state index contributed by atoms with van der Waals surface area (Å²) in [6, 6.07) is 3.81. The van der Waals surface area contributed by atoms with Gasteiger partial charge in [-0.3, -0.25) is 4.68 Å². The first kappa shape index (κ1) is 11.0. The quantitative estimate of drug-likeness (QED) is 0.813. The number of aromatic nitrogens is 4. The van der Waals surface area contributed by atoms with Crippen LogP contribution in [-0.2, 0) is 7.05 Å². The van der Waals surface area contributed by atoms with Gasteiger partial charge in [0.2, 0.25) is 0 Å². The van der Waals surface area contributed by atoms with E-state index < -0.39 is 0 Å². The van der Waals surface area contributed by atoms with Crippen molar-refractivity contribution in [1.29, 1.82) is 0 Å². The van der Waals surface area contributed by atoms with E-state index in [1.807, 2.05) is 25.4 Å². The molecule has 0 aliphatic heterocycles. The Labute approximate surface area is 99.4 Å². The highest BCUT2D eigenvalue weighted by molar-refractivity contribution is 7.71. The molecule has 1 N–H and O–H groups in total. The van der Waals surface area contributed by atoms with Crippen molar-refractivity contribution in [3.8, 4) is 11.5 Å². The Morgan fingerprint density at radius 1 is 1.44 bits per heavy atom. The van der Waals surface area contributed by atoms with E-state index in [1.165, 1.54) is 0 Å². The Morgan fingerprint density at radius 2 is 2.19 bits per heavy atom. The molecule has 0 aromatic carbocycles. The number of H-pyrrole nitrogens is 1. The average molecular weight is 234 g/mol. The second-order valence-electron chi connectivity index (χ2n) is 4.05. The Kier molecular flexibility index (Phi) is 2.87. The van der Waals surface area contributed by atoms with Crippen LogP contribution in [-0.4, -0.2) is 19.7 Å². The van der Waals surface area contributed by atoms with E-state index in [0.717, 1.165) is 17.2 Å². The fourth-order valence-corrected chi connectivity index (χ4v) is 1.67. The van der Waals surface area contributed by atoms with Gasteiger partial charge in [-0.15, -0.1) is 0 Å². The molecule has 2 aromatic heterocycles. The van der Waals surface area contributed by atoms with E-state index in [0.29, 0.717) is 10.6 Å². The first-order valence-corrected chi connectivity index (χ1v) is 5.58. The number of nitrogens with zero attached hydrogens (tertiary/aromatic N) is 3. The van der Waals surface area contributed by atoms with Gasteiger partial charge in [-0.1, -0.05) is 26.1 Å². The van der Waals surface area contributed by atoms with Crippen LogP contribution < -0.4 is 0 Å². The van der Waals surface area contributed by atoms with Crippen molar-refractivity contribution in [3.05, 3.63) is 28.7 Å². The fraction of sp³-hybridized carbons (Fsp3) is 0.364. The molecule has 0 unspecified atom stereocenters. The van der Waals surface area contributed by atoms with E-state index in [2.05, 4.69) is 28.9 Å². The van der Waals surface area contributed by atoms with Gasteiger partial charge < -0.3 is 4.98 Å². The summed E-state index contributed by atoms with van der Waals surface area (Å²) in [5.41, 5.74) is 1.90. The topological polar surface area (TPSA) is 46.5 Å². The van der Waals surface area contributed by atoms with Gasteiger partial charge in [0.1, 0.15) is 10.3 Å². The van der Waals surface area contributed by atoms with Crippen molar-refractivity contribution in [2.75, 3.05) is 0 Å². The minimum atomic E-state index is 0.396. The minimum absolute atomic E-state index is 0.396. The van der Waals surface area contributed by atoms with Crippen molar-refractivity contribution in [3.63, 3.8) is 0 Å². The van der Waals surface area contributed by atoms with Gasteiger partial charge in [-0.25, -0.2) is 4.98 Å². The molecule has 0 spiro atoms. The number of nitrogens with one attached hydrogen (secondary N) is 1. The molecule has 0 saturated carbocycles. The maximum absolute atomic E-state index is 5.15. The van der Waals surface area contributed by atoms with Crippen LogP contribution in [0.5, 0.6) is 0 Å². The molecule has 0 fully saturated rings. The van der Waals surface area contributed by atoms with Gasteiger partial charge in [0.15, 0.2) is 5.82 Å². The minimum Gasteiger partial charge on any atom is -0.342 e. The Balaban J connectivity index is 2.53. The summed E-state index contributed by atoms with van der Waals surface area (Å²) in [5, 5.41) is 4.30. The fourth-order valence-electron chi connectivity index (χ4n) is 1.45. The molecule has 16 heavy (non-hydrogen) atoms. The zero-order chi connectivity index (χ0) is 11.7. The second kappa shape index (κ2) is 4.17. The van der Waals surface area contributed by atoms with Crippen molar-refractivity contribution in [2.24, 2.45) is 7.05 Å². The van der Waals surface area contributed by atoms with Crippen LogP contribution >= 0.6 is 12.2 Å². The predicted molar refractivity (Wildman–Crippen MR) is 65.7 cm³/mol. The van der Waals surface area contributed by atoms with Crippen LogP contribution in [0.2, 0.25) is 0 Å². The highest BCUT2D eigenvalue weighted by atomic mass is 32.1. The lowest BCUT2D eigenvalue weighted by Gasteiger charge is -2.06. The van der Waals surface area contributed by atoms with Crippen LogP contribution in [0.1, 0.15) is 25.5 Å². The maximum Gasteiger partial charge on any atom is 0.159 e. The highest BCUT2D eigenvalue weighted by Crippen LogP contribution is 2.16. The molecule has 0 bridgehead atoms. The number of aromatic amines is 1. The van der Waals surface area contributed by atoms with Crippen molar-refractivity contribution in [1.82, 2.24) is 19.7 Å². The normalized spacial score (nSPS) is 11.0. The molecule has 4 nitrogen and oxygen atoms in total. The predicted octanol–water partition coefficient (Wildman–Crippen LogP) is 2.66. The van der Waals surface area contributed by atoms with E-state index >= 15 is 0 Å². The van der Waals surface area contributed by atoms with Gasteiger partial charge in [0.25, 0.3) is 0 Å². The summed E-state index contributed by atoms with van der Waals surface area (Å²) >= 11 is 5.15. The number of hydrogen-bond acceptors (Lipinski definition) is 3. The van der Waals surface area contributed by atoms with Crippen LogP contribution in [0.15, 0.2) is 18.3 Å². The molecule has 2 heterocycles. The molecule has 2 aromatic rings. The Hall–Kier alpha value is -1.49. The number of hydrogen-bond donors (Lipinski definition) is 1. The summed E-state index contributed by atoms with van der Waals surface area (Å²) in [6.45, 7) is 4.23. The summed E-state index contributed by atoms with van der Waals surface area (Å²) in [5.74, 6) is 1.13. The lowest BCUT2D eigenvalue weighted by molar-refractivity contribution is 0.765. The zero-order valence-corrected chi connectivity index (χ0v) is 10.4.